The minimum absolute atomic E-state index is 0.266. The number of carbonyl (C=O) groups excluding carboxylic acids is 1. The second kappa shape index (κ2) is 3.07. The molecular weight excluding hydrogens is 195 g/mol. The van der Waals surface area contributed by atoms with Gasteiger partial charge in [-0.25, -0.2) is 9.54 Å². The molecule has 0 radical (unpaired) electrons. The number of rotatable bonds is 1. The number of esters is 1. The van der Waals surface area contributed by atoms with Crippen LogP contribution in [0, 0.1) is 0 Å². The Balaban J connectivity index is 2.39. The van der Waals surface area contributed by atoms with Gasteiger partial charge in [-0.1, -0.05) is 11.8 Å². The number of hydrogen-bond donors (Lipinski definition) is 0. The highest BCUT2D eigenvalue weighted by Crippen LogP contribution is 2.30. The number of nitrogens with zero attached hydrogens (tertiary/aromatic N) is 2. The molecule has 2 rings (SSSR count). The lowest BCUT2D eigenvalue weighted by molar-refractivity contribution is 0.0594. The highest BCUT2D eigenvalue weighted by atomic mass is 32.2. The second-order valence-corrected chi connectivity index (χ2v) is 4.18. The summed E-state index contributed by atoms with van der Waals surface area (Å²) in [5.74, 6) is 0.743. The third-order valence-corrected chi connectivity index (χ3v) is 3.63. The Bertz CT molecular complexity index is 325. The summed E-state index contributed by atoms with van der Waals surface area (Å²) in [6.07, 6.45) is 0. The van der Waals surface area contributed by atoms with E-state index in [1.165, 1.54) is 7.11 Å². The van der Waals surface area contributed by atoms with E-state index in [2.05, 4.69) is 9.48 Å². The smallest absolute Gasteiger partial charge is 0.361 e. The van der Waals surface area contributed by atoms with Gasteiger partial charge in [-0.2, -0.15) is 0 Å². The number of carbonyl (C=O) groups is 1. The molecule has 0 spiro atoms. The maximum atomic E-state index is 11.2. The van der Waals surface area contributed by atoms with Gasteiger partial charge in [0.05, 0.1) is 15.5 Å². The first-order valence-electron chi connectivity index (χ1n) is 3.47. The van der Waals surface area contributed by atoms with Crippen molar-refractivity contribution >= 4 is 26.1 Å². The molecule has 2 heterocycles. The molecule has 0 fully saturated rings. The van der Waals surface area contributed by atoms with E-state index in [4.69, 9.17) is 0 Å². The number of methoxy groups -OCH3 is 1. The lowest BCUT2D eigenvalue weighted by Crippen LogP contribution is -2.07. The first kappa shape index (κ1) is 8.08. The number of thioether (sulfide) groups is 1. The van der Waals surface area contributed by atoms with Crippen LogP contribution >= 0.6 is 20.1 Å². The quantitative estimate of drug-likeness (QED) is 0.645. The van der Waals surface area contributed by atoms with E-state index >= 15 is 0 Å². The van der Waals surface area contributed by atoms with Crippen molar-refractivity contribution in [2.45, 2.75) is 11.7 Å². The molecule has 12 heavy (non-hydrogen) atoms. The van der Waals surface area contributed by atoms with Gasteiger partial charge in [0.25, 0.3) is 0 Å². The van der Waals surface area contributed by atoms with Gasteiger partial charge in [0.15, 0.2) is 10.6 Å². The molecule has 1 aliphatic heterocycles. The molecule has 0 saturated carbocycles. The van der Waals surface area contributed by atoms with E-state index in [9.17, 15) is 4.79 Å². The van der Waals surface area contributed by atoms with Crippen LogP contribution in [0.15, 0.2) is 5.16 Å². The van der Waals surface area contributed by atoms with Crippen molar-refractivity contribution in [3.05, 3.63) is 5.43 Å². The summed E-state index contributed by atoms with van der Waals surface area (Å²) in [5.41, 5.74) is 0.650. The fourth-order valence-electron chi connectivity index (χ4n) is 1.07. The van der Waals surface area contributed by atoms with Crippen LogP contribution in [0.25, 0.3) is 0 Å². The molecule has 1 aromatic heterocycles. The van der Waals surface area contributed by atoms with Crippen molar-refractivity contribution in [2.24, 2.45) is 0 Å². The zero-order valence-corrected chi connectivity index (χ0v) is 8.19. The van der Waals surface area contributed by atoms with Crippen molar-refractivity contribution in [2.75, 3.05) is 12.9 Å². The van der Waals surface area contributed by atoms with Gasteiger partial charge in [0.1, 0.15) is 0 Å². The van der Waals surface area contributed by atoms with Gasteiger partial charge in [-0.3, -0.25) is 0 Å². The predicted molar refractivity (Wildman–Crippen MR) is 46.8 cm³/mol. The molecule has 1 aromatic rings. The topological polar surface area (TPSA) is 44.1 Å². The summed E-state index contributed by atoms with van der Waals surface area (Å²) < 4.78 is 10.8. The van der Waals surface area contributed by atoms with E-state index in [1.54, 1.807) is 11.8 Å². The molecule has 0 aliphatic carbocycles. The zero-order valence-electron chi connectivity index (χ0n) is 6.48. The lowest BCUT2D eigenvalue weighted by Gasteiger charge is -1.99. The van der Waals surface area contributed by atoms with E-state index < -0.39 is 0 Å². The number of ether oxygens (including phenoxy) is 1. The average Bonchev–Trinajstić information content (AvgIpc) is 2.62. The SMILES string of the molecule is COC(=O)c1pnc2n1CCS2. The third-order valence-electron chi connectivity index (χ3n) is 1.63. The van der Waals surface area contributed by atoms with Crippen LogP contribution in [-0.4, -0.2) is 28.1 Å². The van der Waals surface area contributed by atoms with E-state index in [0.29, 0.717) is 5.43 Å². The number of aromatic nitrogens is 2. The highest BCUT2D eigenvalue weighted by Gasteiger charge is 2.21. The Labute approximate surface area is 75.5 Å². The van der Waals surface area contributed by atoms with Gasteiger partial charge in [-0.15, -0.1) is 0 Å². The molecule has 0 atom stereocenters. The van der Waals surface area contributed by atoms with Crippen LogP contribution in [0.5, 0.6) is 0 Å². The van der Waals surface area contributed by atoms with Gasteiger partial charge >= 0.3 is 5.97 Å². The number of hydrogen-bond acceptors (Lipinski definition) is 4. The third kappa shape index (κ3) is 1.13. The monoisotopic (exact) mass is 202 g/mol. The standard InChI is InChI=1S/C6H7N2O2PS/c1-10-5(9)4-8-2-3-12-6(8)7-11-4/h2-3H2,1H3. The summed E-state index contributed by atoms with van der Waals surface area (Å²) >= 11 is 1.68. The molecule has 4 nitrogen and oxygen atoms in total. The van der Waals surface area contributed by atoms with Crippen LogP contribution < -0.4 is 0 Å². The first-order valence-corrected chi connectivity index (χ1v) is 5.30. The maximum absolute atomic E-state index is 11.2. The molecule has 64 valence electrons. The Hall–Kier alpha value is -0.540. The van der Waals surface area contributed by atoms with Crippen LogP contribution in [0.4, 0.5) is 0 Å². The molecule has 6 heteroatoms. The minimum Gasteiger partial charge on any atom is -0.464 e. The minimum atomic E-state index is -0.266. The molecule has 0 aromatic carbocycles. The van der Waals surface area contributed by atoms with Crippen LogP contribution in [0.1, 0.15) is 10.2 Å². The van der Waals surface area contributed by atoms with Crippen molar-refractivity contribution in [1.82, 2.24) is 9.31 Å². The zero-order chi connectivity index (χ0) is 8.55. The van der Waals surface area contributed by atoms with Gasteiger partial charge < -0.3 is 9.30 Å². The molecule has 0 bridgehead atoms. The fourth-order valence-corrected chi connectivity index (χ4v) is 3.05. The Kier molecular flexibility index (Phi) is 2.07. The van der Waals surface area contributed by atoms with Gasteiger partial charge in [-0.05, 0) is 0 Å². The molecule has 1 aliphatic rings. The maximum Gasteiger partial charge on any atom is 0.361 e. The summed E-state index contributed by atoms with van der Waals surface area (Å²) in [7, 11) is 2.12. The van der Waals surface area contributed by atoms with Crippen LogP contribution in [0.3, 0.4) is 0 Å². The van der Waals surface area contributed by atoms with E-state index in [1.807, 2.05) is 4.57 Å². The van der Waals surface area contributed by atoms with Crippen molar-refractivity contribution in [3.63, 3.8) is 0 Å². The summed E-state index contributed by atoms with van der Waals surface area (Å²) in [6.45, 7) is 0.876. The van der Waals surface area contributed by atoms with Crippen molar-refractivity contribution in [3.8, 4) is 0 Å². The van der Waals surface area contributed by atoms with Crippen LogP contribution in [-0.2, 0) is 11.3 Å². The molecule has 0 N–H and O–H groups in total. The highest BCUT2D eigenvalue weighted by molar-refractivity contribution is 7.99. The lowest BCUT2D eigenvalue weighted by atomic mass is 10.6. The molecule has 0 unspecified atom stereocenters. The normalized spacial score (nSPS) is 15.1. The Morgan fingerprint density at radius 2 is 2.67 bits per heavy atom. The van der Waals surface area contributed by atoms with Gasteiger partial charge in [0, 0.05) is 12.3 Å². The van der Waals surface area contributed by atoms with E-state index in [0.717, 1.165) is 25.8 Å². The molecule has 0 saturated heterocycles. The first-order chi connectivity index (χ1) is 5.83. The molecular formula is C6H7N2O2PS. The average molecular weight is 202 g/mol. The Morgan fingerprint density at radius 3 is 3.42 bits per heavy atom. The fraction of sp³-hybridized carbons (Fsp3) is 0.500. The number of fused-ring (bicyclic) bond motifs is 1. The summed E-state index contributed by atoms with van der Waals surface area (Å²) in [4.78, 5) is 11.2. The largest absolute Gasteiger partial charge is 0.464 e. The molecule has 0 amide bonds. The van der Waals surface area contributed by atoms with Gasteiger partial charge in [0.2, 0.25) is 0 Å². The summed E-state index contributed by atoms with van der Waals surface area (Å²) in [6, 6.07) is 0. The van der Waals surface area contributed by atoms with Crippen molar-refractivity contribution in [1.29, 1.82) is 0 Å². The Morgan fingerprint density at radius 1 is 1.83 bits per heavy atom. The van der Waals surface area contributed by atoms with Crippen molar-refractivity contribution < 1.29 is 9.53 Å². The van der Waals surface area contributed by atoms with E-state index in [-0.39, 0.29) is 5.97 Å². The predicted octanol–water partition coefficient (Wildman–Crippen LogP) is 1.36. The second-order valence-electron chi connectivity index (χ2n) is 2.30. The summed E-state index contributed by atoms with van der Waals surface area (Å²) in [5, 5.41) is 0.956. The van der Waals surface area contributed by atoms with Crippen LogP contribution in [0.2, 0.25) is 0 Å².